The number of nitrogens with zero attached hydrogens (tertiary/aromatic N) is 4. The zero-order valence-electron chi connectivity index (χ0n) is 39.2. The van der Waals surface area contributed by atoms with Gasteiger partial charge in [0.05, 0.1) is 39.9 Å². The van der Waals surface area contributed by atoms with Crippen LogP contribution in [0.25, 0.3) is 11.2 Å². The number of H-pyrrole nitrogens is 1. The fourth-order valence-corrected chi connectivity index (χ4v) is 14.4. The van der Waals surface area contributed by atoms with Crippen molar-refractivity contribution < 1.29 is 28.0 Å². The first-order chi connectivity index (χ1) is 32.4. The first kappa shape index (κ1) is 47.8. The van der Waals surface area contributed by atoms with E-state index in [-0.39, 0.29) is 30.2 Å². The lowest BCUT2D eigenvalue weighted by Crippen LogP contribution is -2.56. The summed E-state index contributed by atoms with van der Waals surface area (Å²) in [6.45, 7) is 11.7. The Hall–Kier alpha value is -5.70. The predicted molar refractivity (Wildman–Crippen MR) is 268 cm³/mol. The Morgan fingerprint density at radius 2 is 1.33 bits per heavy atom. The molecule has 4 atom stereocenters. The fourth-order valence-electron chi connectivity index (χ4n) is 9.20. The van der Waals surface area contributed by atoms with Crippen molar-refractivity contribution in [3.05, 3.63) is 173 Å². The number of ether oxygens (including phenoxy) is 4. The van der Waals surface area contributed by atoms with Gasteiger partial charge in [-0.05, 0) is 74.7 Å². The number of rotatable bonds is 20. The van der Waals surface area contributed by atoms with Gasteiger partial charge in [0.15, 0.2) is 11.2 Å². The van der Waals surface area contributed by atoms with Gasteiger partial charge in [0, 0.05) is 18.5 Å². The molecule has 7 aromatic rings. The largest absolute Gasteiger partial charge is 0.497 e. The van der Waals surface area contributed by atoms with E-state index in [1.54, 1.807) is 25.1 Å². The summed E-state index contributed by atoms with van der Waals surface area (Å²) in [6.07, 6.45) is 0.140. The van der Waals surface area contributed by atoms with Gasteiger partial charge in [0.2, 0.25) is 5.95 Å². The standard InChI is InChI=1S/C52H61N6O7PSi/c1-36(2)58(37(3)4)66(63-31-32-67(7,43-19-13-9-14-20-43)44-21-15-10-16-22-44)65-45-33-47(57-35-54-48-49(57)55-51(53)56-50(48)59)64-46(45)34-62-52(38-17-11-8-12-18-38,39-23-27-41(60-5)28-24-39)40-25-29-42(61-6)30-26-40/h8-30,35-37,45-47H,31-34H2,1-7H3,(H3,53,55,56,59)/t45-,46+,47+,66?/m0/s1. The molecule has 15 heteroatoms. The highest BCUT2D eigenvalue weighted by Gasteiger charge is 2.45. The quantitative estimate of drug-likeness (QED) is 0.0430. The van der Waals surface area contributed by atoms with E-state index in [9.17, 15) is 4.79 Å². The van der Waals surface area contributed by atoms with Gasteiger partial charge in [-0.25, -0.2) is 9.65 Å². The molecule has 67 heavy (non-hydrogen) atoms. The first-order valence-electron chi connectivity index (χ1n) is 22.8. The lowest BCUT2D eigenvalue weighted by Gasteiger charge is -2.39. The molecule has 0 aliphatic carbocycles. The maximum absolute atomic E-state index is 13.0. The van der Waals surface area contributed by atoms with E-state index in [4.69, 9.17) is 33.7 Å². The molecule has 1 unspecified atom stereocenters. The van der Waals surface area contributed by atoms with E-state index in [1.807, 2.05) is 66.7 Å². The van der Waals surface area contributed by atoms with Gasteiger partial charge in [-0.3, -0.25) is 14.3 Å². The Balaban J connectivity index is 1.18. The van der Waals surface area contributed by atoms with Crippen LogP contribution in [0.5, 0.6) is 11.5 Å². The summed E-state index contributed by atoms with van der Waals surface area (Å²) in [6, 6.07) is 48.7. The van der Waals surface area contributed by atoms with Gasteiger partial charge in [0.25, 0.3) is 14.1 Å². The zero-order valence-corrected chi connectivity index (χ0v) is 41.1. The number of nitrogen functional groups attached to an aromatic ring is 1. The van der Waals surface area contributed by atoms with Gasteiger partial charge >= 0.3 is 0 Å². The third-order valence-corrected chi connectivity index (χ3v) is 19.3. The number of aromatic amines is 1. The number of nitrogens with one attached hydrogen (secondary N) is 1. The second-order valence-corrected chi connectivity index (χ2v) is 23.3. The summed E-state index contributed by atoms with van der Waals surface area (Å²) in [5, 5.41) is 2.69. The number of methoxy groups -OCH3 is 2. The van der Waals surface area contributed by atoms with Crippen LogP contribution in [0.1, 0.15) is 57.0 Å². The van der Waals surface area contributed by atoms with Gasteiger partial charge in [0.1, 0.15) is 37.5 Å². The van der Waals surface area contributed by atoms with E-state index < -0.39 is 46.2 Å². The number of aromatic nitrogens is 4. The average molecular weight is 941 g/mol. The molecule has 0 saturated carbocycles. The second kappa shape index (κ2) is 21.1. The summed E-state index contributed by atoms with van der Waals surface area (Å²) >= 11 is 0. The molecule has 1 aliphatic heterocycles. The van der Waals surface area contributed by atoms with Crippen LogP contribution in [0.15, 0.2) is 151 Å². The van der Waals surface area contributed by atoms with Gasteiger partial charge in [-0.1, -0.05) is 132 Å². The topological polar surface area (TPSA) is 148 Å². The van der Waals surface area contributed by atoms with Crippen LogP contribution in [0.3, 0.4) is 0 Å². The minimum atomic E-state index is -2.25. The molecule has 1 fully saturated rings. The van der Waals surface area contributed by atoms with E-state index in [0.29, 0.717) is 18.7 Å². The predicted octanol–water partition coefficient (Wildman–Crippen LogP) is 8.66. The van der Waals surface area contributed by atoms with Gasteiger partial charge in [-0.15, -0.1) is 0 Å². The lowest BCUT2D eigenvalue weighted by atomic mass is 9.80. The molecule has 0 bridgehead atoms. The Morgan fingerprint density at radius 3 is 1.85 bits per heavy atom. The van der Waals surface area contributed by atoms with Crippen LogP contribution >= 0.6 is 8.53 Å². The van der Waals surface area contributed by atoms with Crippen molar-refractivity contribution >= 4 is 44.1 Å². The Kier molecular flexibility index (Phi) is 15.0. The van der Waals surface area contributed by atoms with Crippen LogP contribution < -0.4 is 31.1 Å². The van der Waals surface area contributed by atoms with Gasteiger partial charge < -0.3 is 33.7 Å². The van der Waals surface area contributed by atoms with Crippen molar-refractivity contribution in [3.63, 3.8) is 0 Å². The first-order valence-corrected chi connectivity index (χ1v) is 26.6. The second-order valence-electron chi connectivity index (χ2n) is 17.6. The summed E-state index contributed by atoms with van der Waals surface area (Å²) in [7, 11) is -0.593. The minimum Gasteiger partial charge on any atom is -0.497 e. The molecule has 3 N–H and O–H groups in total. The lowest BCUT2D eigenvalue weighted by molar-refractivity contribution is -0.0911. The SMILES string of the molecule is COc1ccc(C(OC[C@H]2O[C@@H](n3cnc4c(=O)[nH]c(N)nc43)C[C@@H]2OP(OCC[Si](C)(c2ccccc2)c2ccccc2)N(C(C)C)C(C)C)(c2ccccc2)c2ccc(OC)cc2)cc1. The summed E-state index contributed by atoms with van der Waals surface area (Å²) < 4.78 is 44.2. The summed E-state index contributed by atoms with van der Waals surface area (Å²) in [5.74, 6) is 1.43. The number of hydrogen-bond donors (Lipinski definition) is 2. The van der Waals surface area contributed by atoms with E-state index in [0.717, 1.165) is 34.2 Å². The molecule has 350 valence electrons. The van der Waals surface area contributed by atoms with Crippen molar-refractivity contribution in [1.29, 1.82) is 0 Å². The maximum Gasteiger partial charge on any atom is 0.280 e. The fraction of sp³-hybridized carbons (Fsp3) is 0.327. The van der Waals surface area contributed by atoms with Crippen molar-refractivity contribution in [3.8, 4) is 11.5 Å². The highest BCUT2D eigenvalue weighted by Crippen LogP contribution is 2.51. The molecule has 0 amide bonds. The molecule has 0 spiro atoms. The summed E-state index contributed by atoms with van der Waals surface area (Å²) in [4.78, 5) is 24.5. The number of benzene rings is 5. The van der Waals surface area contributed by atoms with Crippen molar-refractivity contribution in [2.24, 2.45) is 0 Å². The monoisotopic (exact) mass is 940 g/mol. The number of nitrogens with two attached hydrogens (primary N) is 1. The number of imidazole rings is 1. The van der Waals surface area contributed by atoms with Crippen LogP contribution in [-0.2, 0) is 24.1 Å². The van der Waals surface area contributed by atoms with E-state index in [2.05, 4.69) is 127 Å². The number of fused-ring (bicyclic) bond motifs is 1. The normalized spacial score (nSPS) is 17.1. The molecule has 0 radical (unpaired) electrons. The zero-order chi connectivity index (χ0) is 47.1. The molecule has 3 heterocycles. The Morgan fingerprint density at radius 1 is 0.806 bits per heavy atom. The molecular formula is C52H61N6O7PSi. The Bertz CT molecular complexity index is 2630. The average Bonchev–Trinajstić information content (AvgIpc) is 3.96. The Labute approximate surface area is 395 Å². The highest BCUT2D eigenvalue weighted by molar-refractivity contribution is 7.44. The number of anilines is 1. The van der Waals surface area contributed by atoms with Crippen LogP contribution in [0, 0.1) is 0 Å². The summed E-state index contributed by atoms with van der Waals surface area (Å²) in [5.41, 5.74) is 7.70. The molecular weight excluding hydrogens is 880 g/mol. The third kappa shape index (κ3) is 10.1. The molecule has 5 aromatic carbocycles. The molecule has 13 nitrogen and oxygen atoms in total. The molecule has 1 saturated heterocycles. The van der Waals surface area contributed by atoms with Crippen molar-refractivity contribution in [1.82, 2.24) is 24.2 Å². The van der Waals surface area contributed by atoms with Crippen molar-refractivity contribution in [2.45, 2.75) is 82.8 Å². The molecule has 8 rings (SSSR count). The minimum absolute atomic E-state index is 0.0143. The highest BCUT2D eigenvalue weighted by atomic mass is 31.2. The maximum atomic E-state index is 13.0. The van der Waals surface area contributed by atoms with E-state index >= 15 is 0 Å². The van der Waals surface area contributed by atoms with Crippen LogP contribution in [0.4, 0.5) is 5.95 Å². The molecule has 2 aromatic heterocycles. The van der Waals surface area contributed by atoms with Crippen LogP contribution in [-0.4, -0.2) is 84.0 Å². The van der Waals surface area contributed by atoms with Crippen molar-refractivity contribution in [2.75, 3.05) is 33.2 Å². The van der Waals surface area contributed by atoms with E-state index in [1.165, 1.54) is 10.4 Å². The van der Waals surface area contributed by atoms with Crippen LogP contribution in [0.2, 0.25) is 12.6 Å². The third-order valence-electron chi connectivity index (χ3n) is 12.7. The molecule has 1 aliphatic rings. The smallest absolute Gasteiger partial charge is 0.280 e. The number of hydrogen-bond acceptors (Lipinski definition) is 11. The van der Waals surface area contributed by atoms with Gasteiger partial charge in [-0.2, -0.15) is 4.98 Å².